The molecule has 9 heteroatoms. The molecule has 1 amide bonds. The Morgan fingerprint density at radius 3 is 2.34 bits per heavy atom. The van der Waals surface area contributed by atoms with Gasteiger partial charge in [0, 0.05) is 11.0 Å². The lowest BCUT2D eigenvalue weighted by atomic mass is 10.1. The minimum atomic E-state index is -3.67. The van der Waals surface area contributed by atoms with Crippen LogP contribution < -0.4 is 15.8 Å². The maximum absolute atomic E-state index is 11.0. The summed E-state index contributed by atoms with van der Waals surface area (Å²) in [6.45, 7) is 3.04. The van der Waals surface area contributed by atoms with E-state index in [-0.39, 0.29) is 11.9 Å². The van der Waals surface area contributed by atoms with Crippen molar-refractivity contribution >= 4 is 32.0 Å². The number of primary amides is 1. The van der Waals surface area contributed by atoms with Gasteiger partial charge in [-0.3, -0.25) is 9.35 Å². The Hall–Kier alpha value is -1.94. The largest absolute Gasteiger partial charge is 0.494 e. The molecule has 1 unspecified atom stereocenters. The number of aryl methyl sites for hydroxylation is 1. The van der Waals surface area contributed by atoms with Crippen LogP contribution in [0.25, 0.3) is 0 Å². The van der Waals surface area contributed by atoms with Crippen LogP contribution >= 0.6 is 15.9 Å². The van der Waals surface area contributed by atoms with Crippen LogP contribution in [0.4, 0.5) is 0 Å². The van der Waals surface area contributed by atoms with E-state index in [0.717, 1.165) is 28.6 Å². The summed E-state index contributed by atoms with van der Waals surface area (Å²) in [4.78, 5) is 11.0. The number of hydrogen-bond acceptors (Lipinski definition) is 5. The number of hydrogen-bond donors (Lipinski definition) is 3. The number of benzene rings is 2. The second-order valence-electron chi connectivity index (χ2n) is 6.43. The number of halogens is 1. The second kappa shape index (κ2) is 12.6. The maximum Gasteiger partial charge on any atom is 0.261 e. The summed E-state index contributed by atoms with van der Waals surface area (Å²) in [7, 11) is -3.67. The molecule has 7 nitrogen and oxygen atoms in total. The van der Waals surface area contributed by atoms with E-state index in [2.05, 4.69) is 33.4 Å². The van der Waals surface area contributed by atoms with E-state index in [9.17, 15) is 13.2 Å². The molecule has 0 aromatic heterocycles. The van der Waals surface area contributed by atoms with Gasteiger partial charge in [-0.05, 0) is 49.1 Å². The van der Waals surface area contributed by atoms with Gasteiger partial charge in [-0.2, -0.15) is 8.42 Å². The summed E-state index contributed by atoms with van der Waals surface area (Å²) in [5, 5.41) is 3.07. The van der Waals surface area contributed by atoms with Gasteiger partial charge in [0.05, 0.1) is 18.9 Å². The summed E-state index contributed by atoms with van der Waals surface area (Å²) in [6.07, 6.45) is 2.66. The molecule has 0 saturated carbocycles. The first kappa shape index (κ1) is 25.1. The quantitative estimate of drug-likeness (QED) is 0.370. The minimum Gasteiger partial charge on any atom is -0.494 e. The van der Waals surface area contributed by atoms with Crippen LogP contribution in [0, 0.1) is 0 Å². The zero-order chi connectivity index (χ0) is 21.9. The monoisotopic (exact) mass is 486 g/mol. The topological polar surface area (TPSA) is 119 Å². The van der Waals surface area contributed by atoms with Crippen molar-refractivity contribution in [1.82, 2.24) is 5.32 Å². The average molecular weight is 487 g/mol. The zero-order valence-electron chi connectivity index (χ0n) is 16.5. The van der Waals surface area contributed by atoms with Crippen LogP contribution in [-0.2, 0) is 27.9 Å². The number of ether oxygens (including phenoxy) is 1. The zero-order valence-corrected chi connectivity index (χ0v) is 18.9. The summed E-state index contributed by atoms with van der Waals surface area (Å²) in [5.74, 6) is 0.508. The highest BCUT2D eigenvalue weighted by Gasteiger charge is 2.07. The molecule has 1 atom stereocenters. The molecule has 0 radical (unpaired) electrons. The molecule has 2 aromatic rings. The predicted octanol–water partition coefficient (Wildman–Crippen LogP) is 2.93. The first-order valence-electron chi connectivity index (χ1n) is 8.96. The molecular formula is C20H27BrN2O5S. The first-order valence-corrected chi connectivity index (χ1v) is 11.6. The van der Waals surface area contributed by atoms with E-state index in [1.807, 2.05) is 36.4 Å². The molecule has 0 fully saturated rings. The van der Waals surface area contributed by atoms with Gasteiger partial charge >= 0.3 is 0 Å². The first-order chi connectivity index (χ1) is 13.6. The van der Waals surface area contributed by atoms with Gasteiger partial charge in [-0.15, -0.1) is 0 Å². The molecule has 2 rings (SSSR count). The van der Waals surface area contributed by atoms with Crippen molar-refractivity contribution < 1.29 is 22.5 Å². The number of amides is 1. The van der Waals surface area contributed by atoms with E-state index >= 15 is 0 Å². The van der Waals surface area contributed by atoms with Gasteiger partial charge in [0.1, 0.15) is 5.75 Å². The third-order valence-electron chi connectivity index (χ3n) is 3.78. The Bertz CT molecular complexity index is 865. The van der Waals surface area contributed by atoms with Crippen molar-refractivity contribution in [3.63, 3.8) is 0 Å². The summed E-state index contributed by atoms with van der Waals surface area (Å²) in [6, 6.07) is 15.8. The fraction of sp³-hybridized carbons (Fsp3) is 0.350. The van der Waals surface area contributed by atoms with Crippen LogP contribution in [0.3, 0.4) is 0 Å². The summed E-state index contributed by atoms with van der Waals surface area (Å²) >= 11 is 3.56. The van der Waals surface area contributed by atoms with Gasteiger partial charge < -0.3 is 15.8 Å². The molecule has 2 aromatic carbocycles. The van der Waals surface area contributed by atoms with E-state index in [1.165, 1.54) is 5.56 Å². The molecule has 0 heterocycles. The summed E-state index contributed by atoms with van der Waals surface area (Å²) < 4.78 is 32.8. The smallest absolute Gasteiger partial charge is 0.261 e. The van der Waals surface area contributed by atoms with E-state index < -0.39 is 10.1 Å². The normalized spacial score (nSPS) is 11.9. The van der Waals surface area contributed by atoms with Gasteiger partial charge in [-0.1, -0.05) is 46.3 Å². The molecule has 0 aliphatic carbocycles. The Balaban J connectivity index is 0.000000749. The molecule has 29 heavy (non-hydrogen) atoms. The Morgan fingerprint density at radius 2 is 1.79 bits per heavy atom. The Kier molecular flexibility index (Phi) is 10.9. The highest BCUT2D eigenvalue weighted by Crippen LogP contribution is 2.18. The molecule has 4 N–H and O–H groups in total. The standard InChI is InChI=1S/C19H23BrN2O2.CH4O3S/c1-14(19(21)23)22-13-15-8-10-17(11-9-15)24-12-4-6-16-5-2-3-7-18(16)20;1-5(2,3)4/h2-3,5,7-11,14,22H,4,6,12-13H2,1H3,(H2,21,23);1H3,(H,2,3,4). The van der Waals surface area contributed by atoms with Crippen molar-refractivity contribution in [2.24, 2.45) is 5.73 Å². The van der Waals surface area contributed by atoms with Crippen molar-refractivity contribution in [3.05, 3.63) is 64.1 Å². The van der Waals surface area contributed by atoms with E-state index in [0.29, 0.717) is 19.4 Å². The predicted molar refractivity (Wildman–Crippen MR) is 117 cm³/mol. The molecule has 0 saturated heterocycles. The van der Waals surface area contributed by atoms with E-state index in [4.69, 9.17) is 15.0 Å². The van der Waals surface area contributed by atoms with Crippen molar-refractivity contribution in [2.45, 2.75) is 32.4 Å². The number of carbonyl (C=O) groups excluding carboxylic acids is 1. The van der Waals surface area contributed by atoms with Gasteiger partial charge in [0.25, 0.3) is 10.1 Å². The van der Waals surface area contributed by atoms with Crippen molar-refractivity contribution in [3.8, 4) is 5.75 Å². The lowest BCUT2D eigenvalue weighted by Crippen LogP contribution is -2.38. The Morgan fingerprint density at radius 1 is 1.21 bits per heavy atom. The number of nitrogens with two attached hydrogens (primary N) is 1. The molecule has 0 aliphatic rings. The molecular weight excluding hydrogens is 460 g/mol. The van der Waals surface area contributed by atoms with Crippen LogP contribution in [0.5, 0.6) is 5.75 Å². The third kappa shape index (κ3) is 12.3. The molecule has 0 bridgehead atoms. The molecule has 160 valence electrons. The second-order valence-corrected chi connectivity index (χ2v) is 8.75. The SMILES string of the molecule is CC(NCc1ccc(OCCCc2ccccc2Br)cc1)C(N)=O.CS(=O)(=O)O. The number of nitrogens with one attached hydrogen (secondary N) is 1. The van der Waals surface area contributed by atoms with Gasteiger partial charge in [0.15, 0.2) is 0 Å². The fourth-order valence-corrected chi connectivity index (χ4v) is 2.71. The van der Waals surface area contributed by atoms with Crippen LogP contribution in [0.2, 0.25) is 0 Å². The van der Waals surface area contributed by atoms with Crippen molar-refractivity contribution in [1.29, 1.82) is 0 Å². The van der Waals surface area contributed by atoms with Crippen LogP contribution in [0.15, 0.2) is 53.0 Å². The lowest BCUT2D eigenvalue weighted by Gasteiger charge is -2.11. The lowest BCUT2D eigenvalue weighted by molar-refractivity contribution is -0.119. The number of rotatable bonds is 9. The highest BCUT2D eigenvalue weighted by atomic mass is 79.9. The average Bonchev–Trinajstić information content (AvgIpc) is 2.64. The third-order valence-corrected chi connectivity index (χ3v) is 4.55. The van der Waals surface area contributed by atoms with Crippen molar-refractivity contribution in [2.75, 3.05) is 12.9 Å². The molecule has 0 aliphatic heterocycles. The summed E-state index contributed by atoms with van der Waals surface area (Å²) in [5.41, 5.74) is 7.60. The van der Waals surface area contributed by atoms with Gasteiger partial charge in [-0.25, -0.2) is 0 Å². The number of carbonyl (C=O) groups is 1. The van der Waals surface area contributed by atoms with Crippen LogP contribution in [-0.4, -0.2) is 37.8 Å². The highest BCUT2D eigenvalue weighted by molar-refractivity contribution is 9.10. The molecule has 0 spiro atoms. The Labute approximate surface area is 180 Å². The van der Waals surface area contributed by atoms with E-state index in [1.54, 1.807) is 6.92 Å². The van der Waals surface area contributed by atoms with Gasteiger partial charge in [0.2, 0.25) is 5.91 Å². The maximum atomic E-state index is 11.0. The minimum absolute atomic E-state index is 0.335. The fourth-order valence-electron chi connectivity index (χ4n) is 2.23. The van der Waals surface area contributed by atoms with Crippen LogP contribution in [0.1, 0.15) is 24.5 Å².